The highest BCUT2D eigenvalue weighted by atomic mass is 16.5. The zero-order chi connectivity index (χ0) is 19.6. The first-order valence-corrected chi connectivity index (χ1v) is 9.10. The molecule has 1 aliphatic rings. The van der Waals surface area contributed by atoms with E-state index in [2.05, 4.69) is 5.32 Å². The van der Waals surface area contributed by atoms with Gasteiger partial charge in [0.1, 0.15) is 17.4 Å². The molecule has 0 aliphatic heterocycles. The van der Waals surface area contributed by atoms with Crippen LogP contribution >= 0.6 is 0 Å². The summed E-state index contributed by atoms with van der Waals surface area (Å²) < 4.78 is 10.9. The Morgan fingerprint density at radius 2 is 1.93 bits per heavy atom. The molecule has 1 aliphatic carbocycles. The first-order valence-electron chi connectivity index (χ1n) is 9.10. The molecule has 144 valence electrons. The highest BCUT2D eigenvalue weighted by Gasteiger charge is 2.23. The molecule has 0 saturated carbocycles. The zero-order valence-electron chi connectivity index (χ0n) is 15.4. The molecule has 1 aromatic carbocycles. The van der Waals surface area contributed by atoms with Crippen molar-refractivity contribution >= 4 is 22.8 Å². The van der Waals surface area contributed by atoms with Crippen molar-refractivity contribution in [2.45, 2.75) is 45.6 Å². The lowest BCUT2D eigenvalue weighted by Crippen LogP contribution is -2.46. The van der Waals surface area contributed by atoms with Gasteiger partial charge in [0.15, 0.2) is 6.61 Å². The number of ether oxygens (including phenoxy) is 1. The van der Waals surface area contributed by atoms with Crippen LogP contribution in [0.5, 0.6) is 5.75 Å². The Balaban J connectivity index is 1.74. The number of aryl methyl sites for hydroxylation is 1. The Labute approximate surface area is 156 Å². The summed E-state index contributed by atoms with van der Waals surface area (Å²) in [6.45, 7) is 3.11. The summed E-state index contributed by atoms with van der Waals surface area (Å²) in [6.07, 6.45) is 3.64. The fourth-order valence-electron chi connectivity index (χ4n) is 3.39. The molecule has 2 aromatic rings. The summed E-state index contributed by atoms with van der Waals surface area (Å²) >= 11 is 0. The lowest BCUT2D eigenvalue weighted by molar-refractivity contribution is -0.143. The Kier molecular flexibility index (Phi) is 5.48. The lowest BCUT2D eigenvalue weighted by atomic mass is 9.91. The van der Waals surface area contributed by atoms with Crippen LogP contribution in [-0.2, 0) is 22.4 Å². The summed E-state index contributed by atoms with van der Waals surface area (Å²) in [5.41, 5.74) is 1.92. The van der Waals surface area contributed by atoms with E-state index in [0.717, 1.165) is 42.2 Å². The number of carboxylic acids is 1. The number of rotatable bonds is 6. The molecular formula is C20H23NO6. The summed E-state index contributed by atoms with van der Waals surface area (Å²) in [7, 11) is 0. The maximum absolute atomic E-state index is 12.2. The van der Waals surface area contributed by atoms with E-state index >= 15 is 0 Å². The number of carbonyl (C=O) groups is 2. The van der Waals surface area contributed by atoms with E-state index in [-0.39, 0.29) is 18.2 Å². The Hall–Kier alpha value is -2.83. The van der Waals surface area contributed by atoms with Crippen molar-refractivity contribution in [3.63, 3.8) is 0 Å². The van der Waals surface area contributed by atoms with Crippen molar-refractivity contribution in [2.24, 2.45) is 5.92 Å². The van der Waals surface area contributed by atoms with Crippen molar-refractivity contribution in [3.05, 3.63) is 39.7 Å². The number of benzene rings is 1. The first kappa shape index (κ1) is 18.9. The maximum atomic E-state index is 12.2. The largest absolute Gasteiger partial charge is 0.484 e. The van der Waals surface area contributed by atoms with E-state index < -0.39 is 17.9 Å². The highest BCUT2D eigenvalue weighted by molar-refractivity contribution is 5.85. The standard InChI is InChI=1S/C20H23NO6/c1-11(2)18(19(23)24)21-17(22)10-26-12-7-8-14-13-5-3-4-6-15(13)20(25)27-16(14)9-12/h7-9,11,18H,3-6,10H2,1-2H3,(H,21,22)(H,23,24)/t18-/m0/s1. The van der Waals surface area contributed by atoms with Gasteiger partial charge in [-0.15, -0.1) is 0 Å². The summed E-state index contributed by atoms with van der Waals surface area (Å²) in [5.74, 6) is -1.47. The molecule has 0 bridgehead atoms. The second-order valence-corrected chi connectivity index (χ2v) is 7.13. The van der Waals surface area contributed by atoms with Gasteiger partial charge in [-0.05, 0) is 49.3 Å². The molecule has 1 amide bonds. The van der Waals surface area contributed by atoms with Gasteiger partial charge in [0, 0.05) is 17.0 Å². The normalized spacial score (nSPS) is 14.6. The predicted molar refractivity (Wildman–Crippen MR) is 99.0 cm³/mol. The third-order valence-electron chi connectivity index (χ3n) is 4.81. The highest BCUT2D eigenvalue weighted by Crippen LogP contribution is 2.29. The average Bonchev–Trinajstić information content (AvgIpc) is 2.64. The monoisotopic (exact) mass is 373 g/mol. The molecule has 3 rings (SSSR count). The van der Waals surface area contributed by atoms with Gasteiger partial charge in [0.05, 0.1) is 0 Å². The number of carboxylic acid groups (broad SMARTS) is 1. The van der Waals surface area contributed by atoms with Gasteiger partial charge in [-0.25, -0.2) is 9.59 Å². The molecule has 0 fully saturated rings. The van der Waals surface area contributed by atoms with Crippen LogP contribution < -0.4 is 15.7 Å². The number of nitrogens with one attached hydrogen (secondary N) is 1. The minimum atomic E-state index is -1.09. The Morgan fingerprint density at radius 3 is 2.59 bits per heavy atom. The van der Waals surface area contributed by atoms with Crippen LogP contribution in [0.3, 0.4) is 0 Å². The van der Waals surface area contributed by atoms with Gasteiger partial charge < -0.3 is 19.6 Å². The number of aliphatic carboxylic acids is 1. The van der Waals surface area contributed by atoms with Crippen molar-refractivity contribution < 1.29 is 23.8 Å². The molecule has 2 N–H and O–H groups in total. The second-order valence-electron chi connectivity index (χ2n) is 7.13. The molecular weight excluding hydrogens is 350 g/mol. The van der Waals surface area contributed by atoms with Crippen LogP contribution in [0.1, 0.15) is 37.8 Å². The van der Waals surface area contributed by atoms with Crippen molar-refractivity contribution in [1.82, 2.24) is 5.32 Å². The number of hydrogen-bond acceptors (Lipinski definition) is 5. The minimum Gasteiger partial charge on any atom is -0.484 e. The first-order chi connectivity index (χ1) is 12.9. The van der Waals surface area contributed by atoms with Gasteiger partial charge in [0.2, 0.25) is 0 Å². The summed E-state index contributed by atoms with van der Waals surface area (Å²) in [5, 5.41) is 12.5. The number of amides is 1. The van der Waals surface area contributed by atoms with Gasteiger partial charge in [-0.2, -0.15) is 0 Å². The van der Waals surface area contributed by atoms with Gasteiger partial charge in [-0.3, -0.25) is 4.79 Å². The van der Waals surface area contributed by atoms with E-state index in [9.17, 15) is 14.4 Å². The number of carbonyl (C=O) groups excluding carboxylic acids is 1. The molecule has 7 nitrogen and oxygen atoms in total. The minimum absolute atomic E-state index is 0.243. The third kappa shape index (κ3) is 4.13. The van der Waals surface area contributed by atoms with E-state index in [1.807, 2.05) is 6.07 Å². The molecule has 0 spiro atoms. The molecule has 27 heavy (non-hydrogen) atoms. The second kappa shape index (κ2) is 7.82. The molecule has 0 saturated heterocycles. The fraction of sp³-hybridized carbons (Fsp3) is 0.450. The van der Waals surface area contributed by atoms with E-state index in [4.69, 9.17) is 14.3 Å². The maximum Gasteiger partial charge on any atom is 0.339 e. The fourth-order valence-corrected chi connectivity index (χ4v) is 3.39. The van der Waals surface area contributed by atoms with Gasteiger partial charge in [-0.1, -0.05) is 13.8 Å². The number of fused-ring (bicyclic) bond motifs is 3. The molecule has 0 radical (unpaired) electrons. The van der Waals surface area contributed by atoms with Crippen molar-refractivity contribution in [2.75, 3.05) is 6.61 Å². The van der Waals surface area contributed by atoms with Crippen molar-refractivity contribution in [3.8, 4) is 5.75 Å². The van der Waals surface area contributed by atoms with Crippen molar-refractivity contribution in [1.29, 1.82) is 0 Å². The molecule has 1 aromatic heterocycles. The molecule has 0 unspecified atom stereocenters. The molecule has 1 atom stereocenters. The summed E-state index contributed by atoms with van der Waals surface area (Å²) in [6, 6.07) is 4.18. The topological polar surface area (TPSA) is 106 Å². The zero-order valence-corrected chi connectivity index (χ0v) is 15.4. The van der Waals surface area contributed by atoms with Crippen LogP contribution in [0.2, 0.25) is 0 Å². The molecule has 7 heteroatoms. The quantitative estimate of drug-likeness (QED) is 0.753. The van der Waals surface area contributed by atoms with Crippen LogP contribution in [0.25, 0.3) is 11.0 Å². The Bertz CT molecular complexity index is 930. The SMILES string of the molecule is CC(C)[C@H](NC(=O)COc1ccc2c3c(c(=O)oc2c1)CCCC3)C(=O)O. The smallest absolute Gasteiger partial charge is 0.339 e. The van der Waals surface area contributed by atoms with E-state index in [1.165, 1.54) is 0 Å². The average molecular weight is 373 g/mol. The van der Waals surface area contributed by atoms with Gasteiger partial charge >= 0.3 is 11.6 Å². The predicted octanol–water partition coefficient (Wildman–Crippen LogP) is 2.28. The van der Waals surface area contributed by atoms with Gasteiger partial charge in [0.25, 0.3) is 5.91 Å². The van der Waals surface area contributed by atoms with Crippen LogP contribution in [-0.4, -0.2) is 29.6 Å². The van der Waals surface area contributed by atoms with Crippen LogP contribution in [0.4, 0.5) is 0 Å². The lowest BCUT2D eigenvalue weighted by Gasteiger charge is -2.18. The molecule has 1 heterocycles. The van der Waals surface area contributed by atoms with Crippen LogP contribution in [0, 0.1) is 5.92 Å². The number of hydrogen-bond donors (Lipinski definition) is 2. The van der Waals surface area contributed by atoms with Crippen LogP contribution in [0.15, 0.2) is 27.4 Å². The summed E-state index contributed by atoms with van der Waals surface area (Å²) in [4.78, 5) is 35.3. The van der Waals surface area contributed by atoms with E-state index in [1.54, 1.807) is 26.0 Å². The third-order valence-corrected chi connectivity index (χ3v) is 4.81. The Morgan fingerprint density at radius 1 is 1.22 bits per heavy atom. The van der Waals surface area contributed by atoms with E-state index in [0.29, 0.717) is 11.3 Å².